The summed E-state index contributed by atoms with van der Waals surface area (Å²) in [6.45, 7) is 12.0. The number of aryl methyl sites for hydroxylation is 2. The Balaban J connectivity index is 1.42. The third-order valence-corrected chi connectivity index (χ3v) is 7.21. The van der Waals surface area contributed by atoms with E-state index in [-0.39, 0.29) is 29.6 Å². The molecule has 200 valence electrons. The van der Waals surface area contributed by atoms with Gasteiger partial charge in [-0.2, -0.15) is 0 Å². The number of ether oxygens (including phenoxy) is 1. The lowest BCUT2D eigenvalue weighted by atomic mass is 9.91. The highest BCUT2D eigenvalue weighted by Crippen LogP contribution is 2.28. The summed E-state index contributed by atoms with van der Waals surface area (Å²) in [4.78, 5) is 42.6. The van der Waals surface area contributed by atoms with Crippen LogP contribution < -0.4 is 10.1 Å². The fourth-order valence-electron chi connectivity index (χ4n) is 4.60. The number of carboxylic acid groups (broad SMARTS) is 1. The Kier molecular flexibility index (Phi) is 8.52. The minimum Gasteiger partial charge on any atom is -0.480 e. The molecule has 0 saturated carbocycles. The number of carbonyl (C=O) groups excluding carboxylic acids is 2. The van der Waals surface area contributed by atoms with Crippen LogP contribution >= 0.6 is 11.6 Å². The highest BCUT2D eigenvalue weighted by molar-refractivity contribution is 6.33. The van der Waals surface area contributed by atoms with Crippen LogP contribution in [0.5, 0.6) is 5.75 Å². The number of nitrogens with zero attached hydrogens (tertiary/aromatic N) is 2. The van der Waals surface area contributed by atoms with Crippen LogP contribution in [0, 0.1) is 20.4 Å². The minimum atomic E-state index is -1.19. The predicted octanol–water partition coefficient (Wildman–Crippen LogP) is 5.23. The van der Waals surface area contributed by atoms with Crippen LogP contribution in [0.25, 0.3) is 4.85 Å². The molecule has 0 aromatic heterocycles. The largest absolute Gasteiger partial charge is 0.480 e. The molecule has 2 N–H and O–H groups in total. The van der Waals surface area contributed by atoms with Crippen LogP contribution in [0.1, 0.15) is 38.2 Å². The molecule has 2 atom stereocenters. The predicted molar refractivity (Wildman–Crippen MR) is 147 cm³/mol. The summed E-state index contributed by atoms with van der Waals surface area (Å²) >= 11 is 6.05. The van der Waals surface area contributed by atoms with E-state index in [4.69, 9.17) is 22.9 Å². The SMILES string of the molecule is [C-]#[N+]CC1Cc2cc(C)c(C)cc2CN1C(=O)Oc1ccc(CC(NC(=O)c2ccccc2Cl)C(=O)O)cc1. The second-order valence-electron chi connectivity index (χ2n) is 9.59. The van der Waals surface area contributed by atoms with Crippen molar-refractivity contribution in [2.75, 3.05) is 6.54 Å². The zero-order chi connectivity index (χ0) is 28.1. The summed E-state index contributed by atoms with van der Waals surface area (Å²) < 4.78 is 5.63. The summed E-state index contributed by atoms with van der Waals surface area (Å²) in [5.41, 5.74) is 5.34. The van der Waals surface area contributed by atoms with Gasteiger partial charge in [0.2, 0.25) is 6.54 Å². The molecular weight excluding hydrogens is 518 g/mol. The number of halogens is 1. The fourth-order valence-corrected chi connectivity index (χ4v) is 4.82. The normalized spacial score (nSPS) is 15.0. The van der Waals surface area contributed by atoms with E-state index in [1.807, 2.05) is 6.92 Å². The molecule has 0 bridgehead atoms. The van der Waals surface area contributed by atoms with Crippen molar-refractivity contribution in [2.45, 2.75) is 45.3 Å². The maximum atomic E-state index is 13.1. The topological polar surface area (TPSA) is 100 Å². The molecule has 1 aliphatic rings. The van der Waals surface area contributed by atoms with Crippen molar-refractivity contribution in [1.82, 2.24) is 10.2 Å². The molecule has 4 rings (SSSR count). The average molecular weight is 546 g/mol. The van der Waals surface area contributed by atoms with Crippen molar-refractivity contribution in [1.29, 1.82) is 0 Å². The molecule has 3 aromatic carbocycles. The molecule has 9 heteroatoms. The Morgan fingerprint density at radius 2 is 1.77 bits per heavy atom. The zero-order valence-corrected chi connectivity index (χ0v) is 22.4. The van der Waals surface area contributed by atoms with Crippen LogP contribution in [0.3, 0.4) is 0 Å². The van der Waals surface area contributed by atoms with E-state index in [9.17, 15) is 19.5 Å². The molecule has 8 nitrogen and oxygen atoms in total. The maximum Gasteiger partial charge on any atom is 0.416 e. The van der Waals surface area contributed by atoms with Gasteiger partial charge < -0.3 is 20.0 Å². The molecule has 2 unspecified atom stereocenters. The highest BCUT2D eigenvalue weighted by atomic mass is 35.5. The number of carbonyl (C=O) groups is 3. The van der Waals surface area contributed by atoms with Gasteiger partial charge in [0.05, 0.1) is 10.6 Å². The quantitative estimate of drug-likeness (QED) is 0.396. The first kappa shape index (κ1) is 27.7. The summed E-state index contributed by atoms with van der Waals surface area (Å²) in [5, 5.41) is 12.4. The third-order valence-electron chi connectivity index (χ3n) is 6.88. The number of rotatable bonds is 7. The highest BCUT2D eigenvalue weighted by Gasteiger charge is 2.33. The van der Waals surface area contributed by atoms with E-state index in [2.05, 4.69) is 29.2 Å². The molecule has 1 heterocycles. The van der Waals surface area contributed by atoms with Crippen molar-refractivity contribution in [2.24, 2.45) is 0 Å². The van der Waals surface area contributed by atoms with E-state index < -0.39 is 24.0 Å². The molecule has 0 radical (unpaired) electrons. The summed E-state index contributed by atoms with van der Waals surface area (Å²) in [6, 6.07) is 15.6. The van der Waals surface area contributed by atoms with Gasteiger partial charge in [0.25, 0.3) is 5.91 Å². The standard InChI is InChI=1S/C30H28ClN3O5/c1-18-12-21-15-23(16-32-3)34(17-22(21)13-19(18)2)30(38)39-24-10-8-20(9-11-24)14-27(29(36)37)33-28(35)25-6-4-5-7-26(25)31/h4-13,23,27H,14-17H2,1-2H3,(H,33,35)(H,36,37). The van der Waals surface area contributed by atoms with Crippen molar-refractivity contribution in [3.05, 3.63) is 110 Å². The summed E-state index contributed by atoms with van der Waals surface area (Å²) in [7, 11) is 0. The van der Waals surface area contributed by atoms with E-state index >= 15 is 0 Å². The van der Waals surface area contributed by atoms with Crippen molar-refractivity contribution in [3.63, 3.8) is 0 Å². The maximum absolute atomic E-state index is 13.1. The summed E-state index contributed by atoms with van der Waals surface area (Å²) in [5.74, 6) is -1.48. The molecule has 0 aliphatic carbocycles. The number of nitrogens with one attached hydrogen (secondary N) is 1. The molecule has 0 spiro atoms. The smallest absolute Gasteiger partial charge is 0.416 e. The first-order valence-corrected chi connectivity index (χ1v) is 12.8. The molecule has 0 fully saturated rings. The monoisotopic (exact) mass is 545 g/mol. The van der Waals surface area contributed by atoms with Gasteiger partial charge >= 0.3 is 12.1 Å². The molecule has 2 amide bonds. The van der Waals surface area contributed by atoms with Gasteiger partial charge in [-0.25, -0.2) is 16.2 Å². The lowest BCUT2D eigenvalue weighted by Gasteiger charge is -2.34. The number of amides is 2. The Morgan fingerprint density at radius 1 is 1.10 bits per heavy atom. The van der Waals surface area contributed by atoms with Gasteiger partial charge in [-0.05, 0) is 65.9 Å². The number of hydrogen-bond donors (Lipinski definition) is 2. The van der Waals surface area contributed by atoms with E-state index in [0.29, 0.717) is 24.3 Å². The van der Waals surface area contributed by atoms with Gasteiger partial charge in [0, 0.05) is 19.4 Å². The first-order valence-electron chi connectivity index (χ1n) is 12.4. The Labute approximate surface area is 232 Å². The van der Waals surface area contributed by atoms with Crippen LogP contribution in [-0.4, -0.2) is 46.6 Å². The van der Waals surface area contributed by atoms with Gasteiger partial charge in [-0.15, -0.1) is 0 Å². The van der Waals surface area contributed by atoms with E-state index in [1.54, 1.807) is 47.4 Å². The molecule has 39 heavy (non-hydrogen) atoms. The van der Waals surface area contributed by atoms with Crippen LogP contribution in [0.4, 0.5) is 4.79 Å². The van der Waals surface area contributed by atoms with E-state index in [0.717, 1.165) is 16.7 Å². The minimum absolute atomic E-state index is 0.0223. The average Bonchev–Trinajstić information content (AvgIpc) is 2.90. The first-order chi connectivity index (χ1) is 18.7. The number of fused-ring (bicyclic) bond motifs is 1. The Morgan fingerprint density at radius 3 is 2.41 bits per heavy atom. The second kappa shape index (κ2) is 12.0. The number of hydrogen-bond acceptors (Lipinski definition) is 4. The molecule has 1 aliphatic heterocycles. The fraction of sp³-hybridized carbons (Fsp3) is 0.267. The Bertz CT molecular complexity index is 1450. The molecular formula is C30H28ClN3O5. The molecule has 3 aromatic rings. The van der Waals surface area contributed by atoms with Gasteiger partial charge in [-0.1, -0.05) is 48.0 Å². The van der Waals surface area contributed by atoms with Gasteiger partial charge in [-0.3, -0.25) is 9.69 Å². The van der Waals surface area contributed by atoms with Crippen LogP contribution in [-0.2, 0) is 24.2 Å². The Hall–Kier alpha value is -4.35. The number of carboxylic acids is 1. The second-order valence-corrected chi connectivity index (χ2v) is 10.00. The van der Waals surface area contributed by atoms with Crippen LogP contribution in [0.2, 0.25) is 5.02 Å². The van der Waals surface area contributed by atoms with Crippen molar-refractivity contribution in [3.8, 4) is 5.75 Å². The zero-order valence-electron chi connectivity index (χ0n) is 21.6. The van der Waals surface area contributed by atoms with Crippen LogP contribution in [0.15, 0.2) is 60.7 Å². The van der Waals surface area contributed by atoms with Crippen molar-refractivity contribution < 1.29 is 24.2 Å². The van der Waals surface area contributed by atoms with Gasteiger partial charge in [0.15, 0.2) is 0 Å². The third kappa shape index (κ3) is 6.57. The lowest BCUT2D eigenvalue weighted by Crippen LogP contribution is -2.47. The number of aliphatic carboxylic acids is 1. The van der Waals surface area contributed by atoms with Gasteiger partial charge in [0.1, 0.15) is 17.8 Å². The summed E-state index contributed by atoms with van der Waals surface area (Å²) in [6.07, 6.45) is 0.0633. The lowest BCUT2D eigenvalue weighted by molar-refractivity contribution is -0.139. The van der Waals surface area contributed by atoms with Crippen molar-refractivity contribution >= 4 is 29.6 Å². The molecule has 0 saturated heterocycles. The number of benzene rings is 3. The van der Waals surface area contributed by atoms with E-state index in [1.165, 1.54) is 11.6 Å².